The van der Waals surface area contributed by atoms with E-state index in [0.29, 0.717) is 0 Å². The molecule has 0 saturated heterocycles. The zero-order valence-electron chi connectivity index (χ0n) is 12.5. The normalized spacial score (nSPS) is 35.3. The predicted octanol–water partition coefficient (Wildman–Crippen LogP) is 3.92. The SMILES string of the molecule is [2H]CC([2H])C([2H])C([2H])C([2H])C([2H])/C=C/CC. The van der Waals surface area contributed by atoms with Crippen LogP contribution in [0.25, 0.3) is 0 Å². The van der Waals surface area contributed by atoms with E-state index in [-0.39, 0.29) is 6.90 Å². The standard InChI is InChI=1S/C10H20/c1-3-5-7-9-10-8-6-4-2/h5,7H,3-4,6,8-10H2,1-2H3/b7-5+/i2D,4D,6D,8D,9D,10D. The summed E-state index contributed by atoms with van der Waals surface area (Å²) in [5.74, 6) is 0. The molecule has 0 spiro atoms. The van der Waals surface area contributed by atoms with Crippen molar-refractivity contribution in [2.45, 2.75) is 52.2 Å². The summed E-state index contributed by atoms with van der Waals surface area (Å²) in [6, 6.07) is 0. The van der Waals surface area contributed by atoms with Crippen LogP contribution in [0.5, 0.6) is 0 Å². The molecule has 0 heterocycles. The van der Waals surface area contributed by atoms with Gasteiger partial charge in [-0.1, -0.05) is 45.2 Å². The molecule has 0 aliphatic rings. The van der Waals surface area contributed by atoms with E-state index >= 15 is 0 Å². The molecule has 0 rings (SSSR count). The number of rotatable bonds is 6. The molecule has 0 amide bonds. The highest BCUT2D eigenvalue weighted by Gasteiger charge is 1.82. The van der Waals surface area contributed by atoms with E-state index < -0.39 is 32.0 Å². The van der Waals surface area contributed by atoms with Gasteiger partial charge in [0.25, 0.3) is 0 Å². The van der Waals surface area contributed by atoms with Crippen molar-refractivity contribution in [3.05, 3.63) is 12.2 Å². The molecule has 0 saturated carbocycles. The molecular weight excluding hydrogens is 120 g/mol. The maximum atomic E-state index is 7.67. The topological polar surface area (TPSA) is 0 Å². The molecule has 0 fully saturated rings. The summed E-state index contributed by atoms with van der Waals surface area (Å²) < 4.78 is 44.9. The van der Waals surface area contributed by atoms with Crippen LogP contribution in [0.4, 0.5) is 0 Å². The highest BCUT2D eigenvalue weighted by atomic mass is 13.9. The largest absolute Gasteiger partial charge is 0.0888 e. The van der Waals surface area contributed by atoms with Gasteiger partial charge >= 0.3 is 0 Å². The van der Waals surface area contributed by atoms with Crippen molar-refractivity contribution < 1.29 is 8.22 Å². The van der Waals surface area contributed by atoms with Crippen LogP contribution >= 0.6 is 0 Å². The van der Waals surface area contributed by atoms with Gasteiger partial charge in [0.2, 0.25) is 0 Å². The Morgan fingerprint density at radius 1 is 1.30 bits per heavy atom. The van der Waals surface area contributed by atoms with Crippen molar-refractivity contribution in [3.8, 4) is 0 Å². The minimum Gasteiger partial charge on any atom is -0.0888 e. The first-order valence-corrected chi connectivity index (χ1v) is 3.52. The smallest absolute Gasteiger partial charge is 0.0310 e. The molecule has 0 radical (unpaired) electrons. The Balaban J connectivity index is 4.35. The minimum atomic E-state index is -1.10. The van der Waals surface area contributed by atoms with E-state index in [1.54, 1.807) is 12.2 Å². The van der Waals surface area contributed by atoms with Crippen molar-refractivity contribution in [1.82, 2.24) is 0 Å². The fourth-order valence-corrected chi connectivity index (χ4v) is 0.486. The van der Waals surface area contributed by atoms with Crippen LogP contribution in [0.1, 0.15) is 60.5 Å². The molecule has 0 heteroatoms. The van der Waals surface area contributed by atoms with Crippen molar-refractivity contribution in [2.24, 2.45) is 0 Å². The monoisotopic (exact) mass is 146 g/mol. The third-order valence-corrected chi connectivity index (χ3v) is 0.952. The van der Waals surface area contributed by atoms with Gasteiger partial charge in [0.05, 0.1) is 0 Å². The first-order valence-electron chi connectivity index (χ1n) is 7.12. The lowest BCUT2D eigenvalue weighted by Crippen LogP contribution is -1.73. The summed E-state index contributed by atoms with van der Waals surface area (Å²) >= 11 is 0. The molecule has 0 nitrogen and oxygen atoms in total. The van der Waals surface area contributed by atoms with Crippen LogP contribution < -0.4 is 0 Å². The van der Waals surface area contributed by atoms with Crippen molar-refractivity contribution in [2.75, 3.05) is 0 Å². The van der Waals surface area contributed by atoms with E-state index in [1.807, 2.05) is 6.92 Å². The second kappa shape index (κ2) is 8.74. The average Bonchev–Trinajstić information content (AvgIpc) is 2.31. The van der Waals surface area contributed by atoms with Crippen LogP contribution in [0.2, 0.25) is 0 Å². The molecular formula is C10H20. The Morgan fingerprint density at radius 3 is 2.90 bits per heavy atom. The van der Waals surface area contributed by atoms with Crippen molar-refractivity contribution >= 4 is 0 Å². The van der Waals surface area contributed by atoms with Crippen LogP contribution in [0.15, 0.2) is 12.2 Å². The lowest BCUT2D eigenvalue weighted by atomic mass is 10.1. The molecule has 5 atom stereocenters. The molecule has 0 bridgehead atoms. The Kier molecular flexibility index (Phi) is 2.99. The second-order valence-electron chi connectivity index (χ2n) is 1.84. The Bertz CT molecular complexity index is 207. The molecule has 0 aromatic carbocycles. The zero-order valence-corrected chi connectivity index (χ0v) is 6.46. The molecule has 0 aromatic heterocycles. The average molecular weight is 146 g/mol. The Morgan fingerprint density at radius 2 is 2.20 bits per heavy atom. The molecule has 0 aliphatic carbocycles. The van der Waals surface area contributed by atoms with E-state index in [1.165, 1.54) is 0 Å². The van der Waals surface area contributed by atoms with Gasteiger partial charge in [-0.3, -0.25) is 0 Å². The van der Waals surface area contributed by atoms with Gasteiger partial charge in [-0.15, -0.1) is 0 Å². The molecule has 5 unspecified atom stereocenters. The van der Waals surface area contributed by atoms with E-state index in [9.17, 15) is 0 Å². The van der Waals surface area contributed by atoms with Crippen LogP contribution in [-0.4, -0.2) is 0 Å². The van der Waals surface area contributed by atoms with Gasteiger partial charge in [-0.2, -0.15) is 0 Å². The predicted molar refractivity (Wildman–Crippen MR) is 48.2 cm³/mol. The summed E-state index contributed by atoms with van der Waals surface area (Å²) in [7, 11) is 0. The van der Waals surface area contributed by atoms with Crippen LogP contribution in [0, 0.1) is 0 Å². The van der Waals surface area contributed by atoms with Gasteiger partial charge in [0.1, 0.15) is 0 Å². The molecule has 0 N–H and O–H groups in total. The molecule has 0 aromatic rings. The maximum absolute atomic E-state index is 7.67. The maximum Gasteiger partial charge on any atom is 0.0310 e. The third kappa shape index (κ3) is 7.74. The van der Waals surface area contributed by atoms with Gasteiger partial charge < -0.3 is 0 Å². The third-order valence-electron chi connectivity index (χ3n) is 0.952. The summed E-state index contributed by atoms with van der Waals surface area (Å²) in [5, 5.41) is 0. The minimum absolute atomic E-state index is 0.232. The summed E-state index contributed by atoms with van der Waals surface area (Å²) in [5.41, 5.74) is 0. The summed E-state index contributed by atoms with van der Waals surface area (Å²) in [6.07, 6.45) is -0.877. The fraction of sp³-hybridized carbons (Fsp3) is 0.800. The molecule has 60 valence electrons. The van der Waals surface area contributed by atoms with Crippen molar-refractivity contribution in [3.63, 3.8) is 0 Å². The highest BCUT2D eigenvalue weighted by molar-refractivity contribution is 4.79. The van der Waals surface area contributed by atoms with E-state index in [2.05, 4.69) is 0 Å². The van der Waals surface area contributed by atoms with Crippen LogP contribution in [-0.2, 0) is 0 Å². The first kappa shape index (κ1) is 3.42. The van der Waals surface area contributed by atoms with Gasteiger partial charge in [-0.25, -0.2) is 0 Å². The van der Waals surface area contributed by atoms with Gasteiger partial charge in [0, 0.05) is 8.22 Å². The van der Waals surface area contributed by atoms with Gasteiger partial charge in [0.15, 0.2) is 0 Å². The number of allylic oxidation sites excluding steroid dienone is 2. The number of hydrogen-bond donors (Lipinski definition) is 0. The summed E-state index contributed by atoms with van der Waals surface area (Å²) in [6.45, 7) is 1.69. The van der Waals surface area contributed by atoms with Gasteiger partial charge in [-0.05, 0) is 19.2 Å². The van der Waals surface area contributed by atoms with E-state index in [4.69, 9.17) is 8.22 Å². The Hall–Kier alpha value is -0.260. The lowest BCUT2D eigenvalue weighted by Gasteiger charge is -1.92. The highest BCUT2D eigenvalue weighted by Crippen LogP contribution is 2.02. The number of hydrogen-bond acceptors (Lipinski definition) is 0. The van der Waals surface area contributed by atoms with Crippen molar-refractivity contribution in [1.29, 1.82) is 0 Å². The molecule has 0 aliphatic heterocycles. The molecule has 10 heavy (non-hydrogen) atoms. The van der Waals surface area contributed by atoms with E-state index in [0.717, 1.165) is 6.42 Å². The summed E-state index contributed by atoms with van der Waals surface area (Å²) in [4.78, 5) is 0. The fourth-order valence-electron chi connectivity index (χ4n) is 0.486. The van der Waals surface area contributed by atoms with Crippen LogP contribution in [0.3, 0.4) is 0 Å². The quantitative estimate of drug-likeness (QED) is 0.498. The first-order chi connectivity index (χ1) is 7.45. The second-order valence-corrected chi connectivity index (χ2v) is 1.84. The lowest BCUT2D eigenvalue weighted by molar-refractivity contribution is 0.674. The zero-order chi connectivity index (χ0) is 12.7. The Labute approximate surface area is 73.8 Å².